The maximum atomic E-state index is 3.84. The van der Waals surface area contributed by atoms with E-state index in [2.05, 4.69) is 59.9 Å². The summed E-state index contributed by atoms with van der Waals surface area (Å²) in [6.07, 6.45) is 2.12. The molecular weight excluding hydrogens is 250 g/mol. The van der Waals surface area contributed by atoms with Crippen LogP contribution in [-0.4, -0.2) is 6.54 Å². The third-order valence-corrected chi connectivity index (χ3v) is 2.74. The van der Waals surface area contributed by atoms with E-state index < -0.39 is 0 Å². The molecule has 1 N–H and O–H groups in total. The van der Waals surface area contributed by atoms with E-state index in [-0.39, 0.29) is 0 Å². The molecule has 0 saturated carbocycles. The van der Waals surface area contributed by atoms with Crippen LogP contribution in [0.4, 0.5) is 5.69 Å². The Morgan fingerprint density at radius 1 is 1.27 bits per heavy atom. The van der Waals surface area contributed by atoms with Crippen LogP contribution in [0.25, 0.3) is 0 Å². The van der Waals surface area contributed by atoms with Crippen LogP contribution < -0.4 is 5.32 Å². The Hall–Kier alpha value is -0.760. The van der Waals surface area contributed by atoms with Gasteiger partial charge in [-0.15, -0.1) is 0 Å². The van der Waals surface area contributed by atoms with E-state index in [1.165, 1.54) is 16.8 Å². The average molecular weight is 268 g/mol. The van der Waals surface area contributed by atoms with Crippen LogP contribution in [0.2, 0.25) is 0 Å². The molecule has 82 valence electrons. The van der Waals surface area contributed by atoms with Crippen LogP contribution in [0.3, 0.4) is 0 Å². The minimum atomic E-state index is 0.782. The third kappa shape index (κ3) is 3.38. The Labute approximate surface area is 101 Å². The van der Waals surface area contributed by atoms with Crippen molar-refractivity contribution >= 4 is 21.6 Å². The summed E-state index contributed by atoms with van der Waals surface area (Å²) in [5.74, 6) is 0. The van der Waals surface area contributed by atoms with E-state index in [1.807, 2.05) is 0 Å². The summed E-state index contributed by atoms with van der Waals surface area (Å²) in [7, 11) is 0. The highest BCUT2D eigenvalue weighted by Crippen LogP contribution is 2.23. The Morgan fingerprint density at radius 3 is 2.20 bits per heavy atom. The van der Waals surface area contributed by atoms with Crippen molar-refractivity contribution < 1.29 is 0 Å². The van der Waals surface area contributed by atoms with Crippen molar-refractivity contribution in [2.45, 2.75) is 26.7 Å². The van der Waals surface area contributed by atoms with Crippen LogP contribution in [0.1, 0.15) is 25.0 Å². The molecule has 0 heterocycles. The number of hydrogen-bond donors (Lipinski definition) is 1. The van der Waals surface area contributed by atoms with Gasteiger partial charge in [0, 0.05) is 16.7 Å². The number of benzene rings is 1. The van der Waals surface area contributed by atoms with Crippen molar-refractivity contribution in [1.29, 1.82) is 0 Å². The molecule has 0 saturated heterocycles. The SMILES string of the molecule is C=C(Br)CNc1c(CC)cccc1CC. The first-order chi connectivity index (χ1) is 7.19. The molecule has 15 heavy (non-hydrogen) atoms. The molecule has 2 heteroatoms. The lowest BCUT2D eigenvalue weighted by Crippen LogP contribution is -2.06. The summed E-state index contributed by atoms with van der Waals surface area (Å²) < 4.78 is 0.982. The van der Waals surface area contributed by atoms with Gasteiger partial charge in [-0.25, -0.2) is 0 Å². The Morgan fingerprint density at radius 2 is 1.80 bits per heavy atom. The molecule has 0 aromatic heterocycles. The van der Waals surface area contributed by atoms with Crippen LogP contribution in [0.5, 0.6) is 0 Å². The normalized spacial score (nSPS) is 10.1. The van der Waals surface area contributed by atoms with Gasteiger partial charge in [0.05, 0.1) is 0 Å². The molecule has 0 aliphatic rings. The first-order valence-electron chi connectivity index (χ1n) is 5.36. The van der Waals surface area contributed by atoms with E-state index in [0.717, 1.165) is 23.9 Å². The van der Waals surface area contributed by atoms with E-state index >= 15 is 0 Å². The van der Waals surface area contributed by atoms with E-state index in [9.17, 15) is 0 Å². The molecule has 0 bridgehead atoms. The fraction of sp³-hybridized carbons (Fsp3) is 0.385. The van der Waals surface area contributed by atoms with Crippen LogP contribution in [0, 0.1) is 0 Å². The molecule has 0 amide bonds. The standard InChI is InChI=1S/C13H18BrN/c1-4-11-7-6-8-12(5-2)13(11)15-9-10(3)14/h6-8,15H,3-5,9H2,1-2H3. The van der Waals surface area contributed by atoms with Crippen molar-refractivity contribution in [3.05, 3.63) is 40.4 Å². The number of aryl methyl sites for hydroxylation is 2. The summed E-state index contributed by atoms with van der Waals surface area (Å²) >= 11 is 3.37. The zero-order chi connectivity index (χ0) is 11.3. The van der Waals surface area contributed by atoms with Gasteiger partial charge in [0.25, 0.3) is 0 Å². The highest BCUT2D eigenvalue weighted by Gasteiger charge is 2.04. The molecular formula is C13H18BrN. The largest absolute Gasteiger partial charge is 0.380 e. The number of para-hydroxylation sites is 1. The van der Waals surface area contributed by atoms with Gasteiger partial charge >= 0.3 is 0 Å². The number of rotatable bonds is 5. The topological polar surface area (TPSA) is 12.0 Å². The zero-order valence-corrected chi connectivity index (χ0v) is 11.0. The molecule has 1 aromatic carbocycles. The van der Waals surface area contributed by atoms with Crippen LogP contribution in [0.15, 0.2) is 29.3 Å². The fourth-order valence-corrected chi connectivity index (χ4v) is 1.79. The summed E-state index contributed by atoms with van der Waals surface area (Å²) in [4.78, 5) is 0. The lowest BCUT2D eigenvalue weighted by atomic mass is 10.0. The average Bonchev–Trinajstić information content (AvgIpc) is 2.25. The van der Waals surface area contributed by atoms with Crippen molar-refractivity contribution in [3.8, 4) is 0 Å². The van der Waals surface area contributed by atoms with Gasteiger partial charge < -0.3 is 5.32 Å². The molecule has 0 aliphatic carbocycles. The molecule has 1 aromatic rings. The van der Waals surface area contributed by atoms with Gasteiger partial charge in [0.15, 0.2) is 0 Å². The highest BCUT2D eigenvalue weighted by molar-refractivity contribution is 9.11. The molecule has 0 fully saturated rings. The summed E-state index contributed by atoms with van der Waals surface area (Å²) in [5, 5.41) is 3.44. The first-order valence-corrected chi connectivity index (χ1v) is 6.16. The summed E-state index contributed by atoms with van der Waals surface area (Å²) in [5.41, 5.74) is 4.04. The van der Waals surface area contributed by atoms with Gasteiger partial charge in [-0.05, 0) is 24.0 Å². The molecule has 1 rings (SSSR count). The molecule has 0 spiro atoms. The predicted molar refractivity (Wildman–Crippen MR) is 71.8 cm³/mol. The molecule has 0 radical (unpaired) electrons. The van der Waals surface area contributed by atoms with Gasteiger partial charge in [-0.1, -0.05) is 54.6 Å². The Balaban J connectivity index is 2.94. The highest BCUT2D eigenvalue weighted by atomic mass is 79.9. The van der Waals surface area contributed by atoms with E-state index in [1.54, 1.807) is 0 Å². The van der Waals surface area contributed by atoms with Gasteiger partial charge in [0.2, 0.25) is 0 Å². The fourth-order valence-electron chi connectivity index (χ4n) is 1.65. The second-order valence-electron chi connectivity index (χ2n) is 3.53. The van der Waals surface area contributed by atoms with Gasteiger partial charge in [0.1, 0.15) is 0 Å². The first kappa shape index (κ1) is 12.3. The monoisotopic (exact) mass is 267 g/mol. The van der Waals surface area contributed by atoms with Gasteiger partial charge in [-0.3, -0.25) is 0 Å². The lowest BCUT2D eigenvalue weighted by Gasteiger charge is -2.14. The van der Waals surface area contributed by atoms with Crippen molar-refractivity contribution in [1.82, 2.24) is 0 Å². The zero-order valence-electron chi connectivity index (χ0n) is 9.44. The van der Waals surface area contributed by atoms with E-state index in [0.29, 0.717) is 0 Å². The minimum absolute atomic E-state index is 0.782. The van der Waals surface area contributed by atoms with Crippen LogP contribution in [-0.2, 0) is 12.8 Å². The van der Waals surface area contributed by atoms with Crippen molar-refractivity contribution in [2.24, 2.45) is 0 Å². The van der Waals surface area contributed by atoms with E-state index in [4.69, 9.17) is 0 Å². The van der Waals surface area contributed by atoms with Crippen molar-refractivity contribution in [2.75, 3.05) is 11.9 Å². The summed E-state index contributed by atoms with van der Waals surface area (Å²) in [6, 6.07) is 6.49. The number of hydrogen-bond acceptors (Lipinski definition) is 1. The third-order valence-electron chi connectivity index (χ3n) is 2.46. The van der Waals surface area contributed by atoms with Crippen LogP contribution >= 0.6 is 15.9 Å². The quantitative estimate of drug-likeness (QED) is 0.846. The smallest absolute Gasteiger partial charge is 0.0460 e. The summed E-state index contributed by atoms with van der Waals surface area (Å²) in [6.45, 7) is 8.98. The molecule has 0 atom stereocenters. The number of halogens is 1. The lowest BCUT2D eigenvalue weighted by molar-refractivity contribution is 1.07. The predicted octanol–water partition coefficient (Wildman–Crippen LogP) is 4.13. The second-order valence-corrected chi connectivity index (χ2v) is 4.65. The number of nitrogens with one attached hydrogen (secondary N) is 1. The maximum Gasteiger partial charge on any atom is 0.0460 e. The second kappa shape index (κ2) is 5.96. The van der Waals surface area contributed by atoms with Crippen molar-refractivity contribution in [3.63, 3.8) is 0 Å². The number of anilines is 1. The van der Waals surface area contributed by atoms with Gasteiger partial charge in [-0.2, -0.15) is 0 Å². The molecule has 1 nitrogen and oxygen atoms in total. The molecule has 0 aliphatic heterocycles. The Bertz CT molecular complexity index is 322. The minimum Gasteiger partial charge on any atom is -0.380 e. The molecule has 0 unspecified atom stereocenters. The Kier molecular flexibility index (Phi) is 4.89. The maximum absolute atomic E-state index is 3.84.